The van der Waals surface area contributed by atoms with E-state index in [1.165, 1.54) is 10.9 Å². The van der Waals surface area contributed by atoms with E-state index in [9.17, 15) is 4.79 Å². The Kier molecular flexibility index (Phi) is 5.34. The maximum absolute atomic E-state index is 12.5. The van der Waals surface area contributed by atoms with Gasteiger partial charge in [0.15, 0.2) is 0 Å². The van der Waals surface area contributed by atoms with Gasteiger partial charge < -0.3 is 19.4 Å². The van der Waals surface area contributed by atoms with E-state index >= 15 is 0 Å². The summed E-state index contributed by atoms with van der Waals surface area (Å²) < 4.78 is 7.85. The molecule has 0 aliphatic carbocycles. The number of ether oxygens (including phenoxy) is 1. The van der Waals surface area contributed by atoms with Gasteiger partial charge in [-0.1, -0.05) is 24.3 Å². The van der Waals surface area contributed by atoms with E-state index in [4.69, 9.17) is 4.74 Å². The van der Waals surface area contributed by atoms with Gasteiger partial charge in [0, 0.05) is 41.6 Å². The van der Waals surface area contributed by atoms with Crippen molar-refractivity contribution in [3.05, 3.63) is 102 Å². The summed E-state index contributed by atoms with van der Waals surface area (Å²) in [5, 5.41) is 4.19. The third-order valence-electron chi connectivity index (χ3n) is 5.59. The van der Waals surface area contributed by atoms with Crippen molar-refractivity contribution in [2.75, 3.05) is 6.54 Å². The van der Waals surface area contributed by atoms with Crippen LogP contribution in [0.2, 0.25) is 0 Å². The topological polar surface area (TPSA) is 71.4 Å². The number of carbonyl (C=O) groups is 1. The monoisotopic (exact) mass is 424 g/mol. The van der Waals surface area contributed by atoms with E-state index in [0.717, 1.165) is 28.8 Å². The van der Waals surface area contributed by atoms with Crippen molar-refractivity contribution in [3.8, 4) is 5.75 Å². The molecule has 6 nitrogen and oxygen atoms in total. The molecular weight excluding hydrogens is 400 g/mol. The molecule has 0 radical (unpaired) electrons. The standard InChI is InChI=1S/C26H24N4O2/c1-18-5-4-14-30-16-21(29-25(18)30)17-32-22-10-8-19(9-11-22)26(31)27-13-12-20-15-28-24-7-3-2-6-23(20)24/h2-11,14-16,28H,12-13,17H2,1H3,(H,27,31). The van der Waals surface area contributed by atoms with Crippen LogP contribution in [-0.4, -0.2) is 26.8 Å². The van der Waals surface area contributed by atoms with Crippen molar-refractivity contribution in [1.29, 1.82) is 0 Å². The number of para-hydroxylation sites is 1. The third-order valence-corrected chi connectivity index (χ3v) is 5.59. The lowest BCUT2D eigenvalue weighted by atomic mass is 10.1. The molecule has 0 saturated heterocycles. The zero-order chi connectivity index (χ0) is 21.9. The molecule has 3 aromatic heterocycles. The summed E-state index contributed by atoms with van der Waals surface area (Å²) in [6, 6.07) is 19.4. The average molecular weight is 425 g/mol. The molecule has 0 bridgehead atoms. The number of aromatic nitrogens is 3. The minimum Gasteiger partial charge on any atom is -0.487 e. The van der Waals surface area contributed by atoms with Crippen molar-refractivity contribution >= 4 is 22.5 Å². The Hall–Kier alpha value is -4.06. The molecule has 0 spiro atoms. The molecule has 6 heteroatoms. The highest BCUT2D eigenvalue weighted by Crippen LogP contribution is 2.18. The molecule has 1 amide bonds. The summed E-state index contributed by atoms with van der Waals surface area (Å²) in [5.41, 5.74) is 5.84. The van der Waals surface area contributed by atoms with E-state index < -0.39 is 0 Å². The van der Waals surface area contributed by atoms with Gasteiger partial charge in [0.1, 0.15) is 18.0 Å². The number of hydrogen-bond donors (Lipinski definition) is 2. The minimum absolute atomic E-state index is 0.0905. The second-order valence-corrected chi connectivity index (χ2v) is 7.83. The van der Waals surface area contributed by atoms with Gasteiger partial charge in [-0.3, -0.25) is 4.79 Å². The zero-order valence-corrected chi connectivity index (χ0v) is 17.8. The Morgan fingerprint density at radius 2 is 1.94 bits per heavy atom. The van der Waals surface area contributed by atoms with Crippen LogP contribution in [0.15, 0.2) is 79.3 Å². The van der Waals surface area contributed by atoms with Gasteiger partial charge in [-0.15, -0.1) is 0 Å². The molecule has 3 heterocycles. The van der Waals surface area contributed by atoms with Gasteiger partial charge >= 0.3 is 0 Å². The summed E-state index contributed by atoms with van der Waals surface area (Å²) >= 11 is 0. The minimum atomic E-state index is -0.0905. The first-order valence-corrected chi connectivity index (χ1v) is 10.7. The third kappa shape index (κ3) is 4.07. The number of pyridine rings is 1. The summed E-state index contributed by atoms with van der Waals surface area (Å²) in [6.07, 6.45) is 6.73. The molecule has 0 fully saturated rings. The van der Waals surface area contributed by atoms with E-state index in [1.54, 1.807) is 12.1 Å². The van der Waals surface area contributed by atoms with Crippen molar-refractivity contribution in [2.45, 2.75) is 20.0 Å². The normalized spacial score (nSPS) is 11.2. The number of aryl methyl sites for hydroxylation is 1. The number of fused-ring (bicyclic) bond motifs is 2. The van der Waals surface area contributed by atoms with E-state index in [-0.39, 0.29) is 5.91 Å². The Morgan fingerprint density at radius 3 is 2.78 bits per heavy atom. The van der Waals surface area contributed by atoms with Crippen LogP contribution in [-0.2, 0) is 13.0 Å². The summed E-state index contributed by atoms with van der Waals surface area (Å²) in [6.45, 7) is 2.99. The summed E-state index contributed by atoms with van der Waals surface area (Å²) in [4.78, 5) is 20.4. The number of amides is 1. The highest BCUT2D eigenvalue weighted by molar-refractivity contribution is 5.94. The molecule has 5 rings (SSSR count). The van der Waals surface area contributed by atoms with Gasteiger partial charge in [0.05, 0.1) is 5.69 Å². The summed E-state index contributed by atoms with van der Waals surface area (Å²) in [5.74, 6) is 0.612. The number of carbonyl (C=O) groups excluding carboxylic acids is 1. The van der Waals surface area contributed by atoms with Crippen molar-refractivity contribution in [3.63, 3.8) is 0 Å². The van der Waals surface area contributed by atoms with Crippen LogP contribution in [0.25, 0.3) is 16.6 Å². The van der Waals surface area contributed by atoms with Gasteiger partial charge in [-0.2, -0.15) is 0 Å². The molecule has 2 aromatic carbocycles. The fraction of sp³-hybridized carbons (Fsp3) is 0.154. The predicted molar refractivity (Wildman–Crippen MR) is 125 cm³/mol. The molecule has 160 valence electrons. The number of rotatable bonds is 7. The van der Waals surface area contributed by atoms with Crippen LogP contribution < -0.4 is 10.1 Å². The molecule has 2 N–H and O–H groups in total. The maximum Gasteiger partial charge on any atom is 0.251 e. The van der Waals surface area contributed by atoms with E-state index in [0.29, 0.717) is 24.5 Å². The lowest BCUT2D eigenvalue weighted by Gasteiger charge is -2.07. The van der Waals surface area contributed by atoms with Crippen LogP contribution in [0.5, 0.6) is 5.75 Å². The van der Waals surface area contributed by atoms with Crippen molar-refractivity contribution in [1.82, 2.24) is 19.7 Å². The maximum atomic E-state index is 12.5. The first-order valence-electron chi connectivity index (χ1n) is 10.7. The van der Waals surface area contributed by atoms with Crippen molar-refractivity contribution in [2.24, 2.45) is 0 Å². The Bertz CT molecular complexity index is 1380. The van der Waals surface area contributed by atoms with Gasteiger partial charge in [-0.05, 0) is 60.9 Å². The first kappa shape index (κ1) is 19.9. The van der Waals surface area contributed by atoms with Gasteiger partial charge in [0.25, 0.3) is 5.91 Å². The zero-order valence-electron chi connectivity index (χ0n) is 17.8. The predicted octanol–water partition coefficient (Wildman–Crippen LogP) is 4.68. The first-order chi connectivity index (χ1) is 15.7. The molecule has 0 atom stereocenters. The second-order valence-electron chi connectivity index (χ2n) is 7.83. The van der Waals surface area contributed by atoms with Crippen LogP contribution in [0, 0.1) is 6.92 Å². The van der Waals surface area contributed by atoms with Crippen LogP contribution in [0.3, 0.4) is 0 Å². The fourth-order valence-electron chi connectivity index (χ4n) is 3.88. The molecule has 0 aliphatic rings. The van der Waals surface area contributed by atoms with Crippen LogP contribution in [0.4, 0.5) is 0 Å². The fourth-order valence-corrected chi connectivity index (χ4v) is 3.88. The number of imidazole rings is 1. The quantitative estimate of drug-likeness (QED) is 0.399. The number of benzene rings is 2. The lowest BCUT2D eigenvalue weighted by molar-refractivity contribution is 0.0954. The lowest BCUT2D eigenvalue weighted by Crippen LogP contribution is -2.25. The SMILES string of the molecule is Cc1cccn2cc(COc3ccc(C(=O)NCCc4c[nH]c5ccccc45)cc3)nc12. The Balaban J connectivity index is 1.15. The number of H-pyrrole nitrogens is 1. The largest absolute Gasteiger partial charge is 0.487 e. The molecule has 0 saturated carbocycles. The van der Waals surface area contributed by atoms with Crippen LogP contribution >= 0.6 is 0 Å². The van der Waals surface area contributed by atoms with E-state index in [1.807, 2.05) is 66.3 Å². The van der Waals surface area contributed by atoms with Crippen LogP contribution in [0.1, 0.15) is 27.2 Å². The smallest absolute Gasteiger partial charge is 0.251 e. The van der Waals surface area contributed by atoms with E-state index in [2.05, 4.69) is 27.4 Å². The number of nitrogens with zero attached hydrogens (tertiary/aromatic N) is 2. The number of nitrogens with one attached hydrogen (secondary N) is 2. The van der Waals surface area contributed by atoms with Gasteiger partial charge in [0.2, 0.25) is 0 Å². The molecular formula is C26H24N4O2. The highest BCUT2D eigenvalue weighted by atomic mass is 16.5. The van der Waals surface area contributed by atoms with Crippen molar-refractivity contribution < 1.29 is 9.53 Å². The Labute approximate surface area is 185 Å². The molecule has 32 heavy (non-hydrogen) atoms. The molecule has 0 unspecified atom stereocenters. The molecule has 0 aliphatic heterocycles. The number of aromatic amines is 1. The highest BCUT2D eigenvalue weighted by Gasteiger charge is 2.08. The van der Waals surface area contributed by atoms with Gasteiger partial charge in [-0.25, -0.2) is 4.98 Å². The Morgan fingerprint density at radius 1 is 1.09 bits per heavy atom. The second kappa shape index (κ2) is 8.59. The number of hydrogen-bond acceptors (Lipinski definition) is 3. The summed E-state index contributed by atoms with van der Waals surface area (Å²) in [7, 11) is 0. The molecule has 5 aromatic rings. The average Bonchev–Trinajstić information content (AvgIpc) is 3.43.